The van der Waals surface area contributed by atoms with E-state index in [-0.39, 0.29) is 5.91 Å². The van der Waals surface area contributed by atoms with Gasteiger partial charge in [0, 0.05) is 16.2 Å². The number of hydrogen-bond donors (Lipinski definition) is 1. The van der Waals surface area contributed by atoms with Crippen LogP contribution in [0.1, 0.15) is 12.5 Å². The zero-order valence-electron chi connectivity index (χ0n) is 9.33. The molecule has 0 aliphatic carbocycles. The SMILES string of the molecule is C/C=C/C=C/C(=O)Nc1cc(Br)ccc1C. The summed E-state index contributed by atoms with van der Waals surface area (Å²) in [6.07, 6.45) is 6.89. The highest BCUT2D eigenvalue weighted by molar-refractivity contribution is 9.10. The van der Waals surface area contributed by atoms with Crippen molar-refractivity contribution >= 4 is 27.5 Å². The third-order valence-corrected chi connectivity index (χ3v) is 2.50. The fourth-order valence-electron chi connectivity index (χ4n) is 1.16. The van der Waals surface area contributed by atoms with Gasteiger partial charge in [0.05, 0.1) is 0 Å². The summed E-state index contributed by atoms with van der Waals surface area (Å²) in [5.41, 5.74) is 1.86. The van der Waals surface area contributed by atoms with E-state index in [2.05, 4.69) is 21.2 Å². The van der Waals surface area contributed by atoms with Crippen LogP contribution in [0.5, 0.6) is 0 Å². The number of rotatable bonds is 3. The molecule has 16 heavy (non-hydrogen) atoms. The molecule has 0 heterocycles. The predicted molar refractivity (Wildman–Crippen MR) is 71.5 cm³/mol. The van der Waals surface area contributed by atoms with Crippen molar-refractivity contribution in [2.24, 2.45) is 0 Å². The van der Waals surface area contributed by atoms with Gasteiger partial charge >= 0.3 is 0 Å². The Hall–Kier alpha value is -1.35. The van der Waals surface area contributed by atoms with Crippen LogP contribution in [-0.2, 0) is 4.79 Å². The van der Waals surface area contributed by atoms with Crippen molar-refractivity contribution < 1.29 is 4.79 Å². The maximum atomic E-state index is 11.5. The Morgan fingerprint density at radius 3 is 2.81 bits per heavy atom. The first kappa shape index (κ1) is 12.7. The first-order valence-electron chi connectivity index (χ1n) is 5.00. The molecule has 1 aromatic carbocycles. The van der Waals surface area contributed by atoms with Crippen molar-refractivity contribution in [3.8, 4) is 0 Å². The summed E-state index contributed by atoms with van der Waals surface area (Å²) < 4.78 is 0.950. The normalized spacial score (nSPS) is 11.2. The van der Waals surface area contributed by atoms with Crippen LogP contribution in [0.25, 0.3) is 0 Å². The Bertz CT molecular complexity index is 436. The van der Waals surface area contributed by atoms with Crippen LogP contribution in [0.2, 0.25) is 0 Å². The second kappa shape index (κ2) is 6.28. The molecule has 0 saturated heterocycles. The van der Waals surface area contributed by atoms with E-state index >= 15 is 0 Å². The van der Waals surface area contributed by atoms with Gasteiger partial charge in [-0.1, -0.05) is 40.2 Å². The molecule has 1 rings (SSSR count). The second-order valence-electron chi connectivity index (χ2n) is 3.33. The molecule has 0 radical (unpaired) electrons. The van der Waals surface area contributed by atoms with Gasteiger partial charge in [-0.3, -0.25) is 4.79 Å². The average molecular weight is 280 g/mol. The Kier molecular flexibility index (Phi) is 4.99. The van der Waals surface area contributed by atoms with Crippen LogP contribution < -0.4 is 5.32 Å². The molecule has 1 N–H and O–H groups in total. The Morgan fingerprint density at radius 1 is 1.38 bits per heavy atom. The first-order valence-corrected chi connectivity index (χ1v) is 5.79. The molecule has 0 unspecified atom stereocenters. The summed E-state index contributed by atoms with van der Waals surface area (Å²) in [5.74, 6) is -0.126. The van der Waals surface area contributed by atoms with E-state index in [0.717, 1.165) is 15.7 Å². The Balaban J connectivity index is 2.73. The van der Waals surface area contributed by atoms with E-state index in [1.807, 2.05) is 44.2 Å². The van der Waals surface area contributed by atoms with Crippen molar-refractivity contribution in [1.82, 2.24) is 0 Å². The van der Waals surface area contributed by atoms with Gasteiger partial charge in [0.2, 0.25) is 5.91 Å². The van der Waals surface area contributed by atoms with E-state index in [1.165, 1.54) is 6.08 Å². The Labute approximate surface area is 104 Å². The van der Waals surface area contributed by atoms with Crippen LogP contribution in [0.3, 0.4) is 0 Å². The summed E-state index contributed by atoms with van der Waals surface area (Å²) in [4.78, 5) is 11.5. The van der Waals surface area contributed by atoms with Gasteiger partial charge in [0.25, 0.3) is 0 Å². The number of nitrogens with one attached hydrogen (secondary N) is 1. The zero-order chi connectivity index (χ0) is 12.0. The Morgan fingerprint density at radius 2 is 2.12 bits per heavy atom. The maximum absolute atomic E-state index is 11.5. The number of carbonyl (C=O) groups excluding carboxylic acids is 1. The van der Waals surface area contributed by atoms with Gasteiger partial charge in [-0.05, 0) is 31.5 Å². The minimum atomic E-state index is -0.126. The lowest BCUT2D eigenvalue weighted by molar-refractivity contribution is -0.111. The lowest BCUT2D eigenvalue weighted by Gasteiger charge is -2.06. The number of anilines is 1. The summed E-state index contributed by atoms with van der Waals surface area (Å²) >= 11 is 3.37. The van der Waals surface area contributed by atoms with Crippen LogP contribution in [0, 0.1) is 6.92 Å². The minimum Gasteiger partial charge on any atom is -0.322 e. The van der Waals surface area contributed by atoms with Crippen molar-refractivity contribution in [2.45, 2.75) is 13.8 Å². The third kappa shape index (κ3) is 4.03. The van der Waals surface area contributed by atoms with Gasteiger partial charge < -0.3 is 5.32 Å². The number of carbonyl (C=O) groups is 1. The first-order chi connectivity index (χ1) is 7.63. The molecule has 1 amide bonds. The standard InChI is InChI=1S/C13H14BrNO/c1-3-4-5-6-13(16)15-12-9-11(14)8-7-10(12)2/h3-9H,1-2H3,(H,15,16)/b4-3+,6-5+. The molecular formula is C13H14BrNO. The topological polar surface area (TPSA) is 29.1 Å². The fraction of sp³-hybridized carbons (Fsp3) is 0.154. The van der Waals surface area contributed by atoms with Crippen molar-refractivity contribution in [3.05, 3.63) is 52.5 Å². The van der Waals surface area contributed by atoms with Gasteiger partial charge in [-0.2, -0.15) is 0 Å². The molecule has 2 nitrogen and oxygen atoms in total. The number of halogens is 1. The summed E-state index contributed by atoms with van der Waals surface area (Å²) in [5, 5.41) is 2.82. The van der Waals surface area contributed by atoms with E-state index in [1.54, 1.807) is 6.08 Å². The van der Waals surface area contributed by atoms with Crippen molar-refractivity contribution in [1.29, 1.82) is 0 Å². The quantitative estimate of drug-likeness (QED) is 0.661. The van der Waals surface area contributed by atoms with Gasteiger partial charge in [0.15, 0.2) is 0 Å². The molecule has 0 saturated carbocycles. The summed E-state index contributed by atoms with van der Waals surface area (Å²) in [7, 11) is 0. The maximum Gasteiger partial charge on any atom is 0.248 e. The van der Waals surface area contributed by atoms with E-state index in [4.69, 9.17) is 0 Å². The van der Waals surface area contributed by atoms with Crippen LogP contribution >= 0.6 is 15.9 Å². The molecule has 0 spiro atoms. The molecule has 0 atom stereocenters. The van der Waals surface area contributed by atoms with E-state index in [9.17, 15) is 4.79 Å². The molecule has 84 valence electrons. The minimum absolute atomic E-state index is 0.126. The van der Waals surface area contributed by atoms with Crippen molar-refractivity contribution in [2.75, 3.05) is 5.32 Å². The smallest absolute Gasteiger partial charge is 0.248 e. The molecule has 0 aliphatic heterocycles. The lowest BCUT2D eigenvalue weighted by Crippen LogP contribution is -2.08. The highest BCUT2D eigenvalue weighted by Crippen LogP contribution is 2.20. The van der Waals surface area contributed by atoms with E-state index < -0.39 is 0 Å². The largest absolute Gasteiger partial charge is 0.322 e. The molecular weight excluding hydrogens is 266 g/mol. The third-order valence-electron chi connectivity index (χ3n) is 2.01. The van der Waals surface area contributed by atoms with E-state index in [0.29, 0.717) is 0 Å². The molecule has 0 aromatic heterocycles. The average Bonchev–Trinajstić information content (AvgIpc) is 2.24. The lowest BCUT2D eigenvalue weighted by atomic mass is 10.2. The molecule has 1 aromatic rings. The molecule has 0 bridgehead atoms. The van der Waals surface area contributed by atoms with Gasteiger partial charge in [-0.15, -0.1) is 0 Å². The van der Waals surface area contributed by atoms with Crippen LogP contribution in [0.15, 0.2) is 47.0 Å². The molecule has 0 fully saturated rings. The van der Waals surface area contributed by atoms with Crippen LogP contribution in [0.4, 0.5) is 5.69 Å². The number of allylic oxidation sites excluding steroid dienone is 3. The molecule has 3 heteroatoms. The number of hydrogen-bond acceptors (Lipinski definition) is 1. The second-order valence-corrected chi connectivity index (χ2v) is 4.25. The highest BCUT2D eigenvalue weighted by Gasteiger charge is 2.01. The summed E-state index contributed by atoms with van der Waals surface area (Å²) in [6.45, 7) is 3.86. The molecule has 0 aliphatic rings. The monoisotopic (exact) mass is 279 g/mol. The van der Waals surface area contributed by atoms with Crippen molar-refractivity contribution in [3.63, 3.8) is 0 Å². The highest BCUT2D eigenvalue weighted by atomic mass is 79.9. The number of aryl methyl sites for hydroxylation is 1. The zero-order valence-corrected chi connectivity index (χ0v) is 10.9. The predicted octanol–water partition coefficient (Wildman–Crippen LogP) is 3.83. The summed E-state index contributed by atoms with van der Waals surface area (Å²) in [6, 6.07) is 5.78. The van der Waals surface area contributed by atoms with Crippen LogP contribution in [-0.4, -0.2) is 5.91 Å². The number of amides is 1. The number of benzene rings is 1. The van der Waals surface area contributed by atoms with Gasteiger partial charge in [0.1, 0.15) is 0 Å². The van der Waals surface area contributed by atoms with Gasteiger partial charge in [-0.25, -0.2) is 0 Å². The fourth-order valence-corrected chi connectivity index (χ4v) is 1.52.